The highest BCUT2D eigenvalue weighted by molar-refractivity contribution is 5.92. The maximum absolute atomic E-state index is 11.8. The predicted molar refractivity (Wildman–Crippen MR) is 70.1 cm³/mol. The standard InChI is InChI=1S/C11H14N6O3/c12-7-15-17(13)4-3-14-11(18)8-6-10(20-16-8)9-2-1-5-19-9/h1-2,5-7H,3-4,13H2,(H2,12,15)(H,14,18). The fourth-order valence-electron chi connectivity index (χ4n) is 1.44. The second-order valence-corrected chi connectivity index (χ2v) is 3.74. The first-order valence-corrected chi connectivity index (χ1v) is 5.76. The first-order valence-electron chi connectivity index (χ1n) is 5.76. The molecule has 0 unspecified atom stereocenters. The fourth-order valence-corrected chi connectivity index (χ4v) is 1.44. The number of hydrogen-bond donors (Lipinski definition) is 3. The molecular weight excluding hydrogens is 264 g/mol. The zero-order valence-electron chi connectivity index (χ0n) is 10.5. The Labute approximate surface area is 114 Å². The highest BCUT2D eigenvalue weighted by atomic mass is 16.5. The molecule has 9 heteroatoms. The molecule has 0 spiro atoms. The summed E-state index contributed by atoms with van der Waals surface area (Å²) in [6, 6.07) is 4.91. The van der Waals surface area contributed by atoms with Gasteiger partial charge in [0.15, 0.2) is 11.5 Å². The second-order valence-electron chi connectivity index (χ2n) is 3.74. The second kappa shape index (κ2) is 6.38. The number of amides is 1. The molecule has 0 fully saturated rings. The molecule has 0 aliphatic carbocycles. The van der Waals surface area contributed by atoms with Crippen LogP contribution in [-0.2, 0) is 0 Å². The first-order chi connectivity index (χ1) is 9.70. The van der Waals surface area contributed by atoms with Crippen molar-refractivity contribution in [2.75, 3.05) is 13.1 Å². The number of hydrogen-bond acceptors (Lipinski definition) is 7. The van der Waals surface area contributed by atoms with E-state index < -0.39 is 0 Å². The summed E-state index contributed by atoms with van der Waals surface area (Å²) in [7, 11) is 0. The van der Waals surface area contributed by atoms with Crippen LogP contribution >= 0.6 is 0 Å². The number of nitrogens with one attached hydrogen (secondary N) is 1. The highest BCUT2D eigenvalue weighted by Gasteiger charge is 2.14. The van der Waals surface area contributed by atoms with Gasteiger partial charge in [0.05, 0.1) is 12.8 Å². The Morgan fingerprint density at radius 3 is 3.10 bits per heavy atom. The molecule has 0 saturated carbocycles. The van der Waals surface area contributed by atoms with Gasteiger partial charge in [-0.3, -0.25) is 4.79 Å². The molecule has 2 aromatic heterocycles. The molecule has 0 bridgehead atoms. The third-order valence-corrected chi connectivity index (χ3v) is 2.35. The van der Waals surface area contributed by atoms with Crippen molar-refractivity contribution in [1.29, 1.82) is 0 Å². The van der Waals surface area contributed by atoms with Gasteiger partial charge in [0.2, 0.25) is 5.76 Å². The van der Waals surface area contributed by atoms with Gasteiger partial charge in [0.1, 0.15) is 6.34 Å². The first kappa shape index (κ1) is 13.6. The van der Waals surface area contributed by atoms with Crippen LogP contribution in [0.3, 0.4) is 0 Å². The van der Waals surface area contributed by atoms with Gasteiger partial charge in [-0.2, -0.15) is 5.10 Å². The van der Waals surface area contributed by atoms with E-state index in [0.29, 0.717) is 18.1 Å². The molecule has 20 heavy (non-hydrogen) atoms. The lowest BCUT2D eigenvalue weighted by atomic mass is 10.3. The summed E-state index contributed by atoms with van der Waals surface area (Å²) in [5.41, 5.74) is 5.22. The number of aromatic nitrogens is 1. The van der Waals surface area contributed by atoms with Crippen molar-refractivity contribution in [1.82, 2.24) is 15.6 Å². The summed E-state index contributed by atoms with van der Waals surface area (Å²) in [4.78, 5) is 11.8. The lowest BCUT2D eigenvalue weighted by Crippen LogP contribution is -2.36. The zero-order chi connectivity index (χ0) is 14.4. The topological polar surface area (TPSA) is 136 Å². The van der Waals surface area contributed by atoms with Crippen LogP contribution in [0.25, 0.3) is 11.5 Å². The SMILES string of the molecule is N/C=N\N(N)CCNC(=O)c1cc(-c2ccco2)on1. The van der Waals surface area contributed by atoms with Gasteiger partial charge >= 0.3 is 0 Å². The van der Waals surface area contributed by atoms with E-state index in [1.807, 2.05) is 0 Å². The lowest BCUT2D eigenvalue weighted by Gasteiger charge is -2.11. The van der Waals surface area contributed by atoms with Gasteiger partial charge in [0, 0.05) is 12.6 Å². The van der Waals surface area contributed by atoms with Crippen molar-refractivity contribution >= 4 is 12.2 Å². The minimum Gasteiger partial charge on any atom is -0.461 e. The van der Waals surface area contributed by atoms with Crippen LogP contribution in [0.5, 0.6) is 0 Å². The van der Waals surface area contributed by atoms with Gasteiger partial charge < -0.3 is 20.0 Å². The van der Waals surface area contributed by atoms with E-state index in [-0.39, 0.29) is 18.1 Å². The largest absolute Gasteiger partial charge is 0.461 e. The summed E-state index contributed by atoms with van der Waals surface area (Å²) in [5, 5.41) is 11.0. The van der Waals surface area contributed by atoms with Crippen molar-refractivity contribution in [2.45, 2.75) is 0 Å². The Morgan fingerprint density at radius 2 is 2.40 bits per heavy atom. The summed E-state index contributed by atoms with van der Waals surface area (Å²) in [6.07, 6.45) is 2.57. The zero-order valence-corrected chi connectivity index (χ0v) is 10.5. The van der Waals surface area contributed by atoms with Crippen LogP contribution in [0.15, 0.2) is 38.5 Å². The highest BCUT2D eigenvalue weighted by Crippen LogP contribution is 2.20. The van der Waals surface area contributed by atoms with E-state index in [9.17, 15) is 4.79 Å². The smallest absolute Gasteiger partial charge is 0.273 e. The molecule has 0 saturated heterocycles. The van der Waals surface area contributed by atoms with Crippen LogP contribution in [0.2, 0.25) is 0 Å². The van der Waals surface area contributed by atoms with Gasteiger partial charge in [-0.1, -0.05) is 5.16 Å². The number of carbonyl (C=O) groups is 1. The summed E-state index contributed by atoms with van der Waals surface area (Å²) in [5.74, 6) is 5.94. The van der Waals surface area contributed by atoms with Gasteiger partial charge in [-0.05, 0) is 12.1 Å². The molecule has 2 rings (SSSR count). The molecular formula is C11H14N6O3. The van der Waals surface area contributed by atoms with Gasteiger partial charge in [-0.15, -0.1) is 0 Å². The molecule has 1 amide bonds. The minimum atomic E-state index is -0.378. The van der Waals surface area contributed by atoms with Gasteiger partial charge in [-0.25, -0.2) is 11.0 Å². The third-order valence-electron chi connectivity index (χ3n) is 2.35. The summed E-state index contributed by atoms with van der Waals surface area (Å²) < 4.78 is 10.2. The van der Waals surface area contributed by atoms with Crippen LogP contribution in [0, 0.1) is 0 Å². The maximum atomic E-state index is 11.8. The van der Waals surface area contributed by atoms with E-state index in [1.165, 1.54) is 12.3 Å². The Balaban J connectivity index is 1.87. The molecule has 2 heterocycles. The predicted octanol–water partition coefficient (Wildman–Crippen LogP) is -0.258. The van der Waals surface area contributed by atoms with Crippen LogP contribution in [-0.4, -0.2) is 35.6 Å². The number of carbonyl (C=O) groups excluding carboxylic acids is 1. The van der Waals surface area contributed by atoms with Crippen LogP contribution in [0.1, 0.15) is 10.5 Å². The number of nitrogens with zero attached hydrogens (tertiary/aromatic N) is 3. The molecule has 2 aromatic rings. The lowest BCUT2D eigenvalue weighted by molar-refractivity contribution is 0.0940. The van der Waals surface area contributed by atoms with E-state index in [2.05, 4.69) is 15.6 Å². The summed E-state index contributed by atoms with van der Waals surface area (Å²) in [6.45, 7) is 0.595. The normalized spacial score (nSPS) is 10.8. The van der Waals surface area contributed by atoms with Crippen LogP contribution < -0.4 is 16.9 Å². The molecule has 5 N–H and O–H groups in total. The quantitative estimate of drug-likeness (QED) is 0.286. The van der Waals surface area contributed by atoms with E-state index in [4.69, 9.17) is 20.5 Å². The third kappa shape index (κ3) is 3.36. The Bertz CT molecular complexity index is 577. The van der Waals surface area contributed by atoms with E-state index in [1.54, 1.807) is 12.1 Å². The molecule has 0 radical (unpaired) electrons. The number of nitrogens with two attached hydrogens (primary N) is 2. The average molecular weight is 278 g/mol. The molecule has 0 aliphatic heterocycles. The van der Waals surface area contributed by atoms with Crippen molar-refractivity contribution in [3.05, 3.63) is 30.2 Å². The Kier molecular flexibility index (Phi) is 4.35. The van der Waals surface area contributed by atoms with Crippen molar-refractivity contribution in [2.24, 2.45) is 16.7 Å². The molecule has 0 aliphatic rings. The number of hydrazine groups is 1. The monoisotopic (exact) mass is 278 g/mol. The van der Waals surface area contributed by atoms with Crippen molar-refractivity contribution in [3.8, 4) is 11.5 Å². The van der Waals surface area contributed by atoms with Crippen molar-refractivity contribution < 1.29 is 13.7 Å². The number of furan rings is 1. The number of rotatable bonds is 6. The maximum Gasteiger partial charge on any atom is 0.273 e. The molecule has 0 aromatic carbocycles. The van der Waals surface area contributed by atoms with Gasteiger partial charge in [0.25, 0.3) is 5.91 Å². The molecule has 106 valence electrons. The molecule has 0 atom stereocenters. The Morgan fingerprint density at radius 1 is 1.55 bits per heavy atom. The van der Waals surface area contributed by atoms with E-state index in [0.717, 1.165) is 11.5 Å². The average Bonchev–Trinajstić information content (AvgIpc) is 3.10. The summed E-state index contributed by atoms with van der Waals surface area (Å²) >= 11 is 0. The molecule has 9 nitrogen and oxygen atoms in total. The van der Waals surface area contributed by atoms with E-state index >= 15 is 0 Å². The fraction of sp³-hybridized carbons (Fsp3) is 0.182. The van der Waals surface area contributed by atoms with Crippen LogP contribution in [0.4, 0.5) is 0 Å². The number of hydrazone groups is 1. The Hall–Kier alpha value is -2.81. The van der Waals surface area contributed by atoms with Crippen molar-refractivity contribution in [3.63, 3.8) is 0 Å². The minimum absolute atomic E-state index is 0.155.